The maximum absolute atomic E-state index is 12.5. The highest BCUT2D eigenvalue weighted by Crippen LogP contribution is 2.32. The van der Waals surface area contributed by atoms with E-state index in [-0.39, 0.29) is 18.6 Å². The molecule has 0 bridgehead atoms. The minimum absolute atomic E-state index is 0.214. The van der Waals surface area contributed by atoms with Gasteiger partial charge in [0.05, 0.1) is 25.2 Å². The van der Waals surface area contributed by atoms with Crippen LogP contribution in [0.3, 0.4) is 0 Å². The Kier molecular flexibility index (Phi) is 6.57. The summed E-state index contributed by atoms with van der Waals surface area (Å²) in [5, 5.41) is 12.2. The number of aliphatic carboxylic acids is 1. The number of carboxylic acid groups (broad SMARTS) is 1. The number of rotatable bonds is 7. The second kappa shape index (κ2) is 8.50. The number of carbonyl (C=O) groups is 2. The van der Waals surface area contributed by atoms with Gasteiger partial charge in [0.15, 0.2) is 11.5 Å². The first-order chi connectivity index (χ1) is 12.7. The Morgan fingerprint density at radius 3 is 2.56 bits per heavy atom. The van der Waals surface area contributed by atoms with Gasteiger partial charge in [-0.15, -0.1) is 0 Å². The number of methoxy groups -OCH3 is 1. The Balaban J connectivity index is 2.02. The molecule has 27 heavy (non-hydrogen) atoms. The van der Waals surface area contributed by atoms with Crippen molar-refractivity contribution in [2.45, 2.75) is 40.2 Å². The molecule has 2 amide bonds. The number of ether oxygens (including phenoxy) is 2. The molecule has 1 aliphatic heterocycles. The van der Waals surface area contributed by atoms with Crippen LogP contribution in [0, 0.1) is 11.3 Å². The largest absolute Gasteiger partial charge is 0.493 e. The summed E-state index contributed by atoms with van der Waals surface area (Å²) >= 11 is 0. The molecule has 1 heterocycles. The third-order valence-corrected chi connectivity index (χ3v) is 4.88. The van der Waals surface area contributed by atoms with Crippen LogP contribution in [-0.4, -0.2) is 48.8 Å². The normalized spacial score (nSPS) is 20.4. The zero-order chi connectivity index (χ0) is 20.2. The highest BCUT2D eigenvalue weighted by atomic mass is 16.5. The molecule has 0 aromatic heterocycles. The van der Waals surface area contributed by atoms with Crippen LogP contribution in [0.4, 0.5) is 4.79 Å². The average Bonchev–Trinajstić information content (AvgIpc) is 3.03. The molecule has 2 unspecified atom stereocenters. The summed E-state index contributed by atoms with van der Waals surface area (Å²) in [7, 11) is 1.58. The zero-order valence-electron chi connectivity index (χ0n) is 16.7. The monoisotopic (exact) mass is 378 g/mol. The summed E-state index contributed by atoms with van der Waals surface area (Å²) in [5.74, 6) is 0.830. The second-order valence-corrected chi connectivity index (χ2v) is 7.82. The SMILES string of the molecule is COc1cc(C(C)NC(=O)N2CCC(C)(C(=O)O)C2)ccc1OCC(C)C. The fourth-order valence-corrected chi connectivity index (χ4v) is 3.00. The van der Waals surface area contributed by atoms with Crippen molar-refractivity contribution in [1.29, 1.82) is 0 Å². The summed E-state index contributed by atoms with van der Waals surface area (Å²) in [6.45, 7) is 8.96. The van der Waals surface area contributed by atoms with E-state index in [4.69, 9.17) is 9.47 Å². The number of hydrogen-bond acceptors (Lipinski definition) is 4. The van der Waals surface area contributed by atoms with Crippen LogP contribution in [-0.2, 0) is 4.79 Å². The molecule has 1 aliphatic rings. The van der Waals surface area contributed by atoms with Crippen molar-refractivity contribution in [2.75, 3.05) is 26.8 Å². The smallest absolute Gasteiger partial charge is 0.317 e. The molecule has 1 fully saturated rings. The van der Waals surface area contributed by atoms with Crippen molar-refractivity contribution in [1.82, 2.24) is 10.2 Å². The molecule has 150 valence electrons. The van der Waals surface area contributed by atoms with Gasteiger partial charge in [0, 0.05) is 13.1 Å². The highest BCUT2D eigenvalue weighted by molar-refractivity contribution is 5.79. The number of amides is 2. The Hall–Kier alpha value is -2.44. The lowest BCUT2D eigenvalue weighted by atomic mass is 9.90. The molecule has 2 atom stereocenters. The average molecular weight is 378 g/mol. The van der Waals surface area contributed by atoms with Gasteiger partial charge < -0.3 is 24.8 Å². The van der Waals surface area contributed by atoms with Gasteiger partial charge in [0.1, 0.15) is 0 Å². The molecule has 7 heteroatoms. The summed E-state index contributed by atoms with van der Waals surface area (Å²) in [4.78, 5) is 25.4. The van der Waals surface area contributed by atoms with E-state index in [2.05, 4.69) is 19.2 Å². The minimum Gasteiger partial charge on any atom is -0.493 e. The second-order valence-electron chi connectivity index (χ2n) is 7.82. The fourth-order valence-electron chi connectivity index (χ4n) is 3.00. The first kappa shape index (κ1) is 20.9. The molecule has 2 N–H and O–H groups in total. The van der Waals surface area contributed by atoms with Crippen molar-refractivity contribution in [3.05, 3.63) is 23.8 Å². The van der Waals surface area contributed by atoms with Crippen molar-refractivity contribution < 1.29 is 24.2 Å². The van der Waals surface area contributed by atoms with Crippen LogP contribution in [0.15, 0.2) is 18.2 Å². The summed E-state index contributed by atoms with van der Waals surface area (Å²) in [6, 6.07) is 5.09. The Bertz CT molecular complexity index is 691. The third-order valence-electron chi connectivity index (χ3n) is 4.88. The maximum atomic E-state index is 12.5. The van der Waals surface area contributed by atoms with Crippen LogP contribution in [0.1, 0.15) is 45.7 Å². The molecule has 2 rings (SSSR count). The molecule has 0 radical (unpaired) electrons. The summed E-state index contributed by atoms with van der Waals surface area (Å²) < 4.78 is 11.2. The van der Waals surface area contributed by atoms with E-state index in [0.717, 1.165) is 5.56 Å². The van der Waals surface area contributed by atoms with Crippen LogP contribution < -0.4 is 14.8 Å². The molecule has 1 aromatic carbocycles. The quantitative estimate of drug-likeness (QED) is 0.760. The maximum Gasteiger partial charge on any atom is 0.317 e. The first-order valence-electron chi connectivity index (χ1n) is 9.26. The van der Waals surface area contributed by atoms with Gasteiger partial charge in [-0.05, 0) is 43.9 Å². The van der Waals surface area contributed by atoms with Crippen molar-refractivity contribution >= 4 is 12.0 Å². The molecule has 0 saturated carbocycles. The van der Waals surface area contributed by atoms with E-state index < -0.39 is 11.4 Å². The van der Waals surface area contributed by atoms with Crippen molar-refractivity contribution in [2.24, 2.45) is 11.3 Å². The highest BCUT2D eigenvalue weighted by Gasteiger charge is 2.42. The molecule has 1 aromatic rings. The lowest BCUT2D eigenvalue weighted by molar-refractivity contribution is -0.147. The van der Waals surface area contributed by atoms with E-state index in [9.17, 15) is 14.7 Å². The Morgan fingerprint density at radius 1 is 1.30 bits per heavy atom. The van der Waals surface area contributed by atoms with E-state index in [1.807, 2.05) is 25.1 Å². The number of urea groups is 1. The van der Waals surface area contributed by atoms with Gasteiger partial charge in [0.25, 0.3) is 0 Å². The third kappa shape index (κ3) is 5.05. The van der Waals surface area contributed by atoms with Gasteiger partial charge in [-0.1, -0.05) is 19.9 Å². The van der Waals surface area contributed by atoms with E-state index >= 15 is 0 Å². The predicted molar refractivity (Wildman–Crippen MR) is 102 cm³/mol. The minimum atomic E-state index is -0.876. The molecule has 0 spiro atoms. The standard InChI is InChI=1S/C20H30N2O5/c1-13(2)11-27-16-7-6-15(10-17(16)26-5)14(3)21-19(25)22-9-8-20(4,12-22)18(23)24/h6-7,10,13-14H,8-9,11-12H2,1-5H3,(H,21,25)(H,23,24). The predicted octanol–water partition coefficient (Wildman–Crippen LogP) is 3.30. The zero-order valence-corrected chi connectivity index (χ0v) is 16.7. The Morgan fingerprint density at radius 2 is 2.00 bits per heavy atom. The summed E-state index contributed by atoms with van der Waals surface area (Å²) in [6.07, 6.45) is 0.458. The fraction of sp³-hybridized carbons (Fsp3) is 0.600. The van der Waals surface area contributed by atoms with Crippen LogP contribution >= 0.6 is 0 Å². The molecule has 1 saturated heterocycles. The number of hydrogen-bond donors (Lipinski definition) is 2. The van der Waals surface area contributed by atoms with E-state index in [0.29, 0.717) is 37.0 Å². The first-order valence-corrected chi connectivity index (χ1v) is 9.26. The number of likely N-dealkylation sites (tertiary alicyclic amines) is 1. The van der Waals surface area contributed by atoms with Gasteiger partial charge in [-0.25, -0.2) is 4.79 Å². The van der Waals surface area contributed by atoms with Crippen LogP contribution in [0.25, 0.3) is 0 Å². The number of carboxylic acids is 1. The lowest BCUT2D eigenvalue weighted by Crippen LogP contribution is -2.41. The Labute approximate surface area is 160 Å². The molecule has 0 aliphatic carbocycles. The van der Waals surface area contributed by atoms with E-state index in [1.54, 1.807) is 18.9 Å². The van der Waals surface area contributed by atoms with E-state index in [1.165, 1.54) is 0 Å². The number of nitrogens with zero attached hydrogens (tertiary/aromatic N) is 1. The van der Waals surface area contributed by atoms with Crippen molar-refractivity contribution in [3.63, 3.8) is 0 Å². The number of carbonyl (C=O) groups excluding carboxylic acids is 1. The van der Waals surface area contributed by atoms with Gasteiger partial charge in [-0.2, -0.15) is 0 Å². The number of benzene rings is 1. The molecule has 7 nitrogen and oxygen atoms in total. The molecular formula is C20H30N2O5. The van der Waals surface area contributed by atoms with Crippen LogP contribution in [0.2, 0.25) is 0 Å². The summed E-state index contributed by atoms with van der Waals surface area (Å²) in [5.41, 5.74) is 0.0106. The number of nitrogens with one attached hydrogen (secondary N) is 1. The lowest BCUT2D eigenvalue weighted by Gasteiger charge is -2.23. The van der Waals surface area contributed by atoms with Gasteiger partial charge in [0.2, 0.25) is 0 Å². The molecular weight excluding hydrogens is 348 g/mol. The van der Waals surface area contributed by atoms with Crippen LogP contribution in [0.5, 0.6) is 11.5 Å². The van der Waals surface area contributed by atoms with Gasteiger partial charge >= 0.3 is 12.0 Å². The topological polar surface area (TPSA) is 88.1 Å². The van der Waals surface area contributed by atoms with Crippen molar-refractivity contribution in [3.8, 4) is 11.5 Å². The van der Waals surface area contributed by atoms with Gasteiger partial charge in [-0.3, -0.25) is 4.79 Å².